The molecule has 1 rings (SSSR count). The molecule has 0 saturated heterocycles. The van der Waals surface area contributed by atoms with Crippen molar-refractivity contribution in [2.24, 2.45) is 5.92 Å². The summed E-state index contributed by atoms with van der Waals surface area (Å²) >= 11 is 0. The Morgan fingerprint density at radius 1 is 1.44 bits per heavy atom. The van der Waals surface area contributed by atoms with Gasteiger partial charge < -0.3 is 14.8 Å². The molecule has 1 N–H and O–H groups in total. The molecule has 3 unspecified atom stereocenters. The van der Waals surface area contributed by atoms with E-state index in [1.165, 1.54) is 7.11 Å². The molecule has 0 aromatic rings. The van der Waals surface area contributed by atoms with Gasteiger partial charge in [0.2, 0.25) is 0 Å². The van der Waals surface area contributed by atoms with Crippen molar-refractivity contribution in [2.75, 3.05) is 20.8 Å². The fourth-order valence-corrected chi connectivity index (χ4v) is 2.42. The van der Waals surface area contributed by atoms with Crippen molar-refractivity contribution in [1.82, 2.24) is 5.32 Å². The molecule has 4 nitrogen and oxygen atoms in total. The SMILES string of the molecule is COCC(C)NC1CCCC(C(=O)OC)C1. The number of carbonyl (C=O) groups is 1. The monoisotopic (exact) mass is 229 g/mol. The van der Waals surface area contributed by atoms with E-state index < -0.39 is 0 Å². The summed E-state index contributed by atoms with van der Waals surface area (Å²) in [5, 5.41) is 3.50. The molecule has 1 aliphatic rings. The number of hydrogen-bond donors (Lipinski definition) is 1. The summed E-state index contributed by atoms with van der Waals surface area (Å²) in [4.78, 5) is 11.4. The van der Waals surface area contributed by atoms with E-state index in [4.69, 9.17) is 9.47 Å². The first-order valence-corrected chi connectivity index (χ1v) is 6.00. The molecule has 0 spiro atoms. The molecule has 3 atom stereocenters. The number of rotatable bonds is 5. The first-order chi connectivity index (χ1) is 7.67. The highest BCUT2D eigenvalue weighted by molar-refractivity contribution is 5.72. The van der Waals surface area contributed by atoms with Crippen molar-refractivity contribution in [3.63, 3.8) is 0 Å². The van der Waals surface area contributed by atoms with Crippen LogP contribution in [0.1, 0.15) is 32.6 Å². The highest BCUT2D eigenvalue weighted by atomic mass is 16.5. The Morgan fingerprint density at radius 2 is 2.19 bits per heavy atom. The van der Waals surface area contributed by atoms with E-state index in [0.717, 1.165) is 25.7 Å². The Hall–Kier alpha value is -0.610. The summed E-state index contributed by atoms with van der Waals surface area (Å²) in [7, 11) is 3.17. The fourth-order valence-electron chi connectivity index (χ4n) is 2.42. The molecule has 0 bridgehead atoms. The second-order valence-corrected chi connectivity index (χ2v) is 4.61. The van der Waals surface area contributed by atoms with Gasteiger partial charge in [-0.25, -0.2) is 0 Å². The van der Waals surface area contributed by atoms with Crippen molar-refractivity contribution in [2.45, 2.75) is 44.7 Å². The fraction of sp³-hybridized carbons (Fsp3) is 0.917. The summed E-state index contributed by atoms with van der Waals surface area (Å²) in [5.41, 5.74) is 0. The first-order valence-electron chi connectivity index (χ1n) is 6.00. The molecule has 94 valence electrons. The molecule has 0 heterocycles. The Labute approximate surface area is 97.7 Å². The van der Waals surface area contributed by atoms with Gasteiger partial charge in [-0.15, -0.1) is 0 Å². The van der Waals surface area contributed by atoms with E-state index in [1.807, 2.05) is 0 Å². The summed E-state index contributed by atoms with van der Waals surface area (Å²) < 4.78 is 9.89. The predicted octanol–water partition coefficient (Wildman–Crippen LogP) is 1.34. The summed E-state index contributed by atoms with van der Waals surface area (Å²) in [6, 6.07) is 0.759. The first kappa shape index (κ1) is 13.5. The molecule has 16 heavy (non-hydrogen) atoms. The van der Waals surface area contributed by atoms with E-state index in [-0.39, 0.29) is 11.9 Å². The lowest BCUT2D eigenvalue weighted by atomic mass is 9.85. The third kappa shape index (κ3) is 4.10. The van der Waals surface area contributed by atoms with Crippen LogP contribution in [0.4, 0.5) is 0 Å². The number of ether oxygens (including phenoxy) is 2. The van der Waals surface area contributed by atoms with Gasteiger partial charge >= 0.3 is 5.97 Å². The maximum absolute atomic E-state index is 11.4. The molecule has 0 radical (unpaired) electrons. The van der Waals surface area contributed by atoms with Crippen LogP contribution < -0.4 is 5.32 Å². The molecule has 0 aliphatic heterocycles. The van der Waals surface area contributed by atoms with Crippen LogP contribution in [0.15, 0.2) is 0 Å². The predicted molar refractivity (Wildman–Crippen MR) is 62.2 cm³/mol. The van der Waals surface area contributed by atoms with E-state index >= 15 is 0 Å². The number of hydrogen-bond acceptors (Lipinski definition) is 4. The van der Waals surface area contributed by atoms with Crippen LogP contribution in [-0.2, 0) is 14.3 Å². The van der Waals surface area contributed by atoms with E-state index in [1.54, 1.807) is 7.11 Å². The lowest BCUT2D eigenvalue weighted by molar-refractivity contribution is -0.146. The smallest absolute Gasteiger partial charge is 0.308 e. The van der Waals surface area contributed by atoms with Crippen LogP contribution in [0.2, 0.25) is 0 Å². The van der Waals surface area contributed by atoms with Gasteiger partial charge in [0.25, 0.3) is 0 Å². The average Bonchev–Trinajstić information content (AvgIpc) is 2.28. The largest absolute Gasteiger partial charge is 0.469 e. The highest BCUT2D eigenvalue weighted by Gasteiger charge is 2.28. The van der Waals surface area contributed by atoms with Gasteiger partial charge in [-0.05, 0) is 26.2 Å². The lowest BCUT2D eigenvalue weighted by Crippen LogP contribution is -2.43. The van der Waals surface area contributed by atoms with Crippen LogP contribution in [0.25, 0.3) is 0 Å². The van der Waals surface area contributed by atoms with Gasteiger partial charge in [-0.3, -0.25) is 4.79 Å². The molecule has 0 aromatic carbocycles. The third-order valence-corrected chi connectivity index (χ3v) is 3.15. The van der Waals surface area contributed by atoms with Crippen LogP contribution in [0.5, 0.6) is 0 Å². The van der Waals surface area contributed by atoms with Crippen molar-refractivity contribution in [1.29, 1.82) is 0 Å². The summed E-state index contributed by atoms with van der Waals surface area (Å²) in [5.74, 6) is 0.0110. The molecular formula is C12H23NO3. The Kier molecular flexibility index (Phi) is 5.77. The zero-order valence-electron chi connectivity index (χ0n) is 10.5. The zero-order chi connectivity index (χ0) is 12.0. The lowest BCUT2D eigenvalue weighted by Gasteiger charge is -2.30. The van der Waals surface area contributed by atoms with Crippen molar-refractivity contribution in [3.8, 4) is 0 Å². The number of nitrogens with one attached hydrogen (secondary N) is 1. The van der Waals surface area contributed by atoms with Gasteiger partial charge in [0.05, 0.1) is 19.6 Å². The molecule has 1 saturated carbocycles. The second kappa shape index (κ2) is 6.86. The van der Waals surface area contributed by atoms with Gasteiger partial charge in [0, 0.05) is 19.2 Å². The normalized spacial score (nSPS) is 27.4. The van der Waals surface area contributed by atoms with Gasteiger partial charge in [-0.1, -0.05) is 6.42 Å². The average molecular weight is 229 g/mol. The van der Waals surface area contributed by atoms with Crippen LogP contribution in [0, 0.1) is 5.92 Å². The molecule has 4 heteroatoms. The zero-order valence-corrected chi connectivity index (χ0v) is 10.5. The Bertz CT molecular complexity index is 220. The maximum Gasteiger partial charge on any atom is 0.308 e. The maximum atomic E-state index is 11.4. The minimum atomic E-state index is -0.0640. The Morgan fingerprint density at radius 3 is 2.81 bits per heavy atom. The van der Waals surface area contributed by atoms with Crippen LogP contribution in [0.3, 0.4) is 0 Å². The van der Waals surface area contributed by atoms with Crippen molar-refractivity contribution < 1.29 is 14.3 Å². The van der Waals surface area contributed by atoms with E-state index in [2.05, 4.69) is 12.2 Å². The summed E-state index contributed by atoms with van der Waals surface area (Å²) in [6.45, 7) is 2.81. The number of methoxy groups -OCH3 is 2. The topological polar surface area (TPSA) is 47.6 Å². The van der Waals surface area contributed by atoms with Gasteiger partial charge in [-0.2, -0.15) is 0 Å². The standard InChI is InChI=1S/C12H23NO3/c1-9(8-15-2)13-11-6-4-5-10(7-11)12(14)16-3/h9-11,13H,4-8H2,1-3H3. The quantitative estimate of drug-likeness (QED) is 0.723. The second-order valence-electron chi connectivity index (χ2n) is 4.61. The molecule has 0 aromatic heterocycles. The van der Waals surface area contributed by atoms with E-state index in [9.17, 15) is 4.79 Å². The minimum Gasteiger partial charge on any atom is -0.469 e. The van der Waals surface area contributed by atoms with Crippen molar-refractivity contribution in [3.05, 3.63) is 0 Å². The molecular weight excluding hydrogens is 206 g/mol. The number of esters is 1. The van der Waals surface area contributed by atoms with Gasteiger partial charge in [0.15, 0.2) is 0 Å². The third-order valence-electron chi connectivity index (χ3n) is 3.15. The van der Waals surface area contributed by atoms with Crippen molar-refractivity contribution >= 4 is 5.97 Å². The van der Waals surface area contributed by atoms with Crippen LogP contribution >= 0.6 is 0 Å². The highest BCUT2D eigenvalue weighted by Crippen LogP contribution is 2.25. The van der Waals surface area contributed by atoms with Gasteiger partial charge in [0.1, 0.15) is 0 Å². The summed E-state index contributed by atoms with van der Waals surface area (Å²) in [6.07, 6.45) is 4.09. The van der Waals surface area contributed by atoms with Crippen LogP contribution in [-0.4, -0.2) is 38.9 Å². The number of carbonyl (C=O) groups excluding carboxylic acids is 1. The molecule has 0 amide bonds. The minimum absolute atomic E-state index is 0.0640. The molecule has 1 fully saturated rings. The Balaban J connectivity index is 2.35. The molecule has 1 aliphatic carbocycles. The van der Waals surface area contributed by atoms with E-state index in [0.29, 0.717) is 18.7 Å².